The molecule has 0 heterocycles. The summed E-state index contributed by atoms with van der Waals surface area (Å²) in [4.78, 5) is 0. The molecule has 33 heavy (non-hydrogen) atoms. The second-order valence-electron chi connectivity index (χ2n) is 11.4. The van der Waals surface area contributed by atoms with Crippen LogP contribution in [0, 0.1) is 0 Å². The maximum Gasteiger partial charge on any atom is 0.636 e. The fraction of sp³-hybridized carbons (Fsp3) is 1.00. The topological polar surface area (TPSA) is 36.9 Å². The van der Waals surface area contributed by atoms with Crippen LogP contribution in [-0.4, -0.2) is 43.8 Å². The molecule has 0 radical (unpaired) electrons. The van der Waals surface area contributed by atoms with Crippen molar-refractivity contribution in [3.05, 3.63) is 0 Å². The Morgan fingerprint density at radius 1 is 0.697 bits per heavy atom. The van der Waals surface area contributed by atoms with Crippen LogP contribution >= 0.6 is 0 Å². The highest BCUT2D eigenvalue weighted by Gasteiger charge is 2.56. The highest BCUT2D eigenvalue weighted by molar-refractivity contribution is 6.88. The van der Waals surface area contributed by atoms with Crippen LogP contribution < -0.4 is 0 Å². The molecule has 0 aliphatic heterocycles. The monoisotopic (exact) mass is 550 g/mol. The molecule has 0 N–H and O–H groups in total. The molecule has 1 aliphatic rings. The fourth-order valence-electron chi connectivity index (χ4n) is 4.61. The molecular formula is C24H58O4Si5. The molecule has 0 aromatic heterocycles. The van der Waals surface area contributed by atoms with Gasteiger partial charge in [-0.25, -0.2) is 0 Å². The molecule has 1 fully saturated rings. The van der Waals surface area contributed by atoms with Crippen molar-refractivity contribution in [1.82, 2.24) is 0 Å². The highest BCUT2D eigenvalue weighted by Crippen LogP contribution is 2.43. The predicted molar refractivity (Wildman–Crippen MR) is 157 cm³/mol. The third kappa shape index (κ3) is 11.7. The van der Waals surface area contributed by atoms with E-state index in [1.54, 1.807) is 0 Å². The number of rotatable bonds is 20. The van der Waals surface area contributed by atoms with Crippen LogP contribution in [0.4, 0.5) is 0 Å². The molecule has 1 aliphatic carbocycles. The Morgan fingerprint density at radius 2 is 1.18 bits per heavy atom. The van der Waals surface area contributed by atoms with Crippen molar-refractivity contribution in [2.24, 2.45) is 0 Å². The van der Waals surface area contributed by atoms with Crippen LogP contribution in [0.3, 0.4) is 0 Å². The SMILES string of the molecule is CCCC[SiH](CC)O[Si](O[SiH](CC)CCCC)(O[Si](C)(C)CCCC)O[Si](C)(C)C1CCC1. The summed E-state index contributed by atoms with van der Waals surface area (Å²) >= 11 is 0. The molecule has 0 aromatic carbocycles. The Labute approximate surface area is 214 Å². The van der Waals surface area contributed by atoms with E-state index in [-0.39, 0.29) is 0 Å². The number of unbranched alkanes of at least 4 members (excludes halogenated alkanes) is 3. The fourth-order valence-corrected chi connectivity index (χ4v) is 25.8. The molecule has 1 rings (SSSR count). The number of hydrogen-bond acceptors (Lipinski definition) is 4. The first-order valence-corrected chi connectivity index (χ1v) is 26.3. The molecule has 9 heteroatoms. The maximum absolute atomic E-state index is 7.29. The van der Waals surface area contributed by atoms with Crippen molar-refractivity contribution in [3.8, 4) is 0 Å². The minimum atomic E-state index is -3.18. The Balaban J connectivity index is 3.33. The van der Waals surface area contributed by atoms with Gasteiger partial charge in [-0.2, -0.15) is 0 Å². The van der Waals surface area contributed by atoms with Gasteiger partial charge >= 0.3 is 9.05 Å². The average Bonchev–Trinajstić information content (AvgIpc) is 2.70. The standard InChI is InChI=1S/C24H58O4Si5/c1-10-15-21-29(13-4)25-33(26-30(14-5)22-16-11-2,27-31(6,7)23-17-12-3)28-32(8,9)24-19-18-20-24/h24,29-30H,10-23H2,1-9H3. The Morgan fingerprint density at radius 3 is 1.55 bits per heavy atom. The van der Waals surface area contributed by atoms with Crippen molar-refractivity contribution in [2.45, 2.75) is 154 Å². The van der Waals surface area contributed by atoms with Crippen LogP contribution in [0.1, 0.15) is 92.4 Å². The molecule has 4 nitrogen and oxygen atoms in total. The quantitative estimate of drug-likeness (QED) is 0.143. The Hall–Kier alpha value is 0.924. The number of hydrogen-bond donors (Lipinski definition) is 0. The van der Waals surface area contributed by atoms with E-state index in [1.165, 1.54) is 75.9 Å². The van der Waals surface area contributed by atoms with Gasteiger partial charge in [-0.15, -0.1) is 0 Å². The van der Waals surface area contributed by atoms with Gasteiger partial charge in [0, 0.05) is 0 Å². The van der Waals surface area contributed by atoms with Crippen LogP contribution in [0.25, 0.3) is 0 Å². The van der Waals surface area contributed by atoms with Gasteiger partial charge in [0.25, 0.3) is 0 Å². The van der Waals surface area contributed by atoms with E-state index in [0.717, 1.165) is 17.6 Å². The molecule has 2 atom stereocenters. The molecule has 198 valence electrons. The Bertz CT molecular complexity index is 499. The van der Waals surface area contributed by atoms with Gasteiger partial charge in [0.2, 0.25) is 0 Å². The molecule has 0 saturated heterocycles. The predicted octanol–water partition coefficient (Wildman–Crippen LogP) is 8.34. The summed E-state index contributed by atoms with van der Waals surface area (Å²) in [5.74, 6) is 0. The molecule has 0 bridgehead atoms. The van der Waals surface area contributed by atoms with Gasteiger partial charge in [0.1, 0.15) is 0 Å². The van der Waals surface area contributed by atoms with Gasteiger partial charge in [-0.05, 0) is 61.9 Å². The molecule has 2 unspecified atom stereocenters. The van der Waals surface area contributed by atoms with Crippen LogP contribution in [-0.2, 0) is 16.5 Å². The van der Waals surface area contributed by atoms with Gasteiger partial charge in [-0.1, -0.05) is 92.4 Å². The summed E-state index contributed by atoms with van der Waals surface area (Å²) in [5, 5.41) is 0. The van der Waals surface area contributed by atoms with E-state index in [9.17, 15) is 0 Å². The van der Waals surface area contributed by atoms with Gasteiger partial charge < -0.3 is 16.5 Å². The van der Waals surface area contributed by atoms with Crippen molar-refractivity contribution < 1.29 is 16.5 Å². The normalized spacial score (nSPS) is 19.2. The van der Waals surface area contributed by atoms with Crippen molar-refractivity contribution in [2.75, 3.05) is 0 Å². The zero-order valence-corrected chi connectivity index (χ0v) is 29.1. The van der Waals surface area contributed by atoms with Crippen LogP contribution in [0.2, 0.25) is 61.9 Å². The first-order valence-electron chi connectivity index (χ1n) is 14.3. The highest BCUT2D eigenvalue weighted by atomic mass is 28.5. The lowest BCUT2D eigenvalue weighted by Crippen LogP contribution is -2.64. The smallest absolute Gasteiger partial charge is 0.398 e. The zero-order valence-electron chi connectivity index (χ0n) is 23.8. The van der Waals surface area contributed by atoms with Crippen LogP contribution in [0.15, 0.2) is 0 Å². The summed E-state index contributed by atoms with van der Waals surface area (Å²) in [6.45, 7) is 21.1. The van der Waals surface area contributed by atoms with E-state index >= 15 is 0 Å². The lowest BCUT2D eigenvalue weighted by Gasteiger charge is -2.46. The average molecular weight is 551 g/mol. The minimum absolute atomic E-state index is 0.732. The molecule has 0 aromatic rings. The van der Waals surface area contributed by atoms with E-state index < -0.39 is 43.8 Å². The molecule has 1 saturated carbocycles. The third-order valence-corrected chi connectivity index (χ3v) is 26.6. The summed E-state index contributed by atoms with van der Waals surface area (Å²) in [5.41, 5.74) is 0.732. The first kappa shape index (κ1) is 32.0. The summed E-state index contributed by atoms with van der Waals surface area (Å²) in [6, 6.07) is 5.88. The zero-order chi connectivity index (χ0) is 25.0. The van der Waals surface area contributed by atoms with Crippen molar-refractivity contribution in [3.63, 3.8) is 0 Å². The lowest BCUT2D eigenvalue weighted by molar-refractivity contribution is 0.147. The van der Waals surface area contributed by atoms with Crippen molar-refractivity contribution in [1.29, 1.82) is 0 Å². The Kier molecular flexibility index (Phi) is 15.4. The van der Waals surface area contributed by atoms with E-state index in [0.29, 0.717) is 0 Å². The first-order chi connectivity index (χ1) is 15.6. The van der Waals surface area contributed by atoms with E-state index in [2.05, 4.69) is 60.8 Å². The summed E-state index contributed by atoms with van der Waals surface area (Å²) < 4.78 is 28.9. The van der Waals surface area contributed by atoms with Crippen molar-refractivity contribution >= 4 is 43.8 Å². The van der Waals surface area contributed by atoms with E-state index in [4.69, 9.17) is 16.5 Å². The second kappa shape index (κ2) is 15.9. The van der Waals surface area contributed by atoms with Gasteiger partial charge in [0.05, 0.1) is 0 Å². The van der Waals surface area contributed by atoms with E-state index in [1.807, 2.05) is 0 Å². The molecule has 0 spiro atoms. The third-order valence-electron chi connectivity index (χ3n) is 7.30. The lowest BCUT2D eigenvalue weighted by atomic mass is 10.00. The molecule has 0 amide bonds. The molecular weight excluding hydrogens is 493 g/mol. The minimum Gasteiger partial charge on any atom is -0.398 e. The van der Waals surface area contributed by atoms with Crippen LogP contribution in [0.5, 0.6) is 0 Å². The van der Waals surface area contributed by atoms with Gasteiger partial charge in [-0.3, -0.25) is 0 Å². The largest absolute Gasteiger partial charge is 0.636 e. The second-order valence-corrected chi connectivity index (χ2v) is 29.2. The summed E-state index contributed by atoms with van der Waals surface area (Å²) in [7, 11) is -9.95. The maximum atomic E-state index is 7.29. The van der Waals surface area contributed by atoms with Gasteiger partial charge in [0.15, 0.2) is 34.7 Å². The summed E-state index contributed by atoms with van der Waals surface area (Å²) in [6.07, 6.45) is 11.4.